The molecule has 2 aromatic heterocycles. The Kier molecular flexibility index (Phi) is 5.78. The minimum absolute atomic E-state index is 0.172. The summed E-state index contributed by atoms with van der Waals surface area (Å²) in [6.45, 7) is 9.50. The molecule has 0 bridgehead atoms. The molecule has 1 aliphatic heterocycles. The van der Waals surface area contributed by atoms with Crippen LogP contribution < -0.4 is 10.2 Å². The second-order valence-corrected chi connectivity index (χ2v) is 8.61. The number of benzene rings is 1. The average Bonchev–Trinajstić information content (AvgIpc) is 3.13. The van der Waals surface area contributed by atoms with Crippen molar-refractivity contribution in [2.24, 2.45) is 0 Å². The van der Waals surface area contributed by atoms with Crippen molar-refractivity contribution in [1.82, 2.24) is 19.9 Å². The lowest BCUT2D eigenvalue weighted by Gasteiger charge is -2.32. The Hall–Kier alpha value is -2.84. The molecule has 0 aliphatic carbocycles. The molecule has 1 amide bonds. The third-order valence-electron chi connectivity index (χ3n) is 5.31. The SMILES string of the molecule is Cc1nc(-c2ccccc2)sc1C(=O)Nc1c(C)nc(N2CCN(C)CC2)nc1C. The first kappa shape index (κ1) is 20.4. The van der Waals surface area contributed by atoms with Gasteiger partial charge in [0.1, 0.15) is 9.88 Å². The van der Waals surface area contributed by atoms with E-state index < -0.39 is 0 Å². The molecule has 0 atom stereocenters. The summed E-state index contributed by atoms with van der Waals surface area (Å²) in [7, 11) is 2.12. The van der Waals surface area contributed by atoms with Crippen LogP contribution in [-0.4, -0.2) is 59.0 Å². The van der Waals surface area contributed by atoms with Gasteiger partial charge >= 0.3 is 0 Å². The van der Waals surface area contributed by atoms with E-state index in [-0.39, 0.29) is 5.91 Å². The van der Waals surface area contributed by atoms with Gasteiger partial charge in [0.25, 0.3) is 5.91 Å². The Bertz CT molecular complexity index is 1030. The Labute approximate surface area is 180 Å². The van der Waals surface area contributed by atoms with Gasteiger partial charge < -0.3 is 15.1 Å². The number of nitrogens with one attached hydrogen (secondary N) is 1. The minimum atomic E-state index is -0.172. The molecule has 30 heavy (non-hydrogen) atoms. The Morgan fingerprint density at radius 3 is 2.20 bits per heavy atom. The Morgan fingerprint density at radius 2 is 1.57 bits per heavy atom. The van der Waals surface area contributed by atoms with Gasteiger partial charge in [-0.05, 0) is 27.8 Å². The van der Waals surface area contributed by atoms with E-state index in [1.54, 1.807) is 0 Å². The summed E-state index contributed by atoms with van der Waals surface area (Å²) in [5.41, 5.74) is 3.95. The number of aromatic nitrogens is 3. The zero-order valence-electron chi connectivity index (χ0n) is 17.8. The topological polar surface area (TPSA) is 74.2 Å². The predicted octanol–water partition coefficient (Wildman–Crippen LogP) is 3.53. The summed E-state index contributed by atoms with van der Waals surface area (Å²) in [5.74, 6) is 0.561. The van der Waals surface area contributed by atoms with Crippen LogP contribution in [0, 0.1) is 20.8 Å². The van der Waals surface area contributed by atoms with E-state index in [1.807, 2.05) is 51.1 Å². The maximum absolute atomic E-state index is 13.0. The van der Waals surface area contributed by atoms with Crippen molar-refractivity contribution in [1.29, 1.82) is 0 Å². The molecular weight excluding hydrogens is 396 g/mol. The Morgan fingerprint density at radius 1 is 0.933 bits per heavy atom. The van der Waals surface area contributed by atoms with E-state index in [0.29, 0.717) is 10.6 Å². The lowest BCUT2D eigenvalue weighted by atomic mass is 10.2. The molecule has 7 nitrogen and oxygen atoms in total. The number of amides is 1. The number of anilines is 2. The molecule has 1 N–H and O–H groups in total. The number of nitrogens with zero attached hydrogens (tertiary/aromatic N) is 5. The second kappa shape index (κ2) is 8.49. The number of hydrogen-bond donors (Lipinski definition) is 1. The fourth-order valence-corrected chi connectivity index (χ4v) is 4.48. The normalized spacial score (nSPS) is 14.7. The van der Waals surface area contributed by atoms with Gasteiger partial charge in [0.15, 0.2) is 0 Å². The zero-order valence-corrected chi connectivity index (χ0v) is 18.6. The van der Waals surface area contributed by atoms with Gasteiger partial charge in [-0.1, -0.05) is 30.3 Å². The third-order valence-corrected chi connectivity index (χ3v) is 6.51. The van der Waals surface area contributed by atoms with Crippen LogP contribution in [0.2, 0.25) is 0 Å². The van der Waals surface area contributed by atoms with E-state index in [1.165, 1.54) is 11.3 Å². The third kappa shape index (κ3) is 4.20. The summed E-state index contributed by atoms with van der Waals surface area (Å²) in [4.78, 5) is 32.0. The van der Waals surface area contributed by atoms with Crippen molar-refractivity contribution >= 4 is 28.9 Å². The number of thiazole rings is 1. The van der Waals surface area contributed by atoms with E-state index in [2.05, 4.69) is 37.1 Å². The highest BCUT2D eigenvalue weighted by Crippen LogP contribution is 2.29. The molecule has 3 aromatic rings. The van der Waals surface area contributed by atoms with Crippen molar-refractivity contribution in [2.75, 3.05) is 43.4 Å². The Balaban J connectivity index is 1.54. The number of carbonyl (C=O) groups is 1. The van der Waals surface area contributed by atoms with Gasteiger partial charge in [-0.15, -0.1) is 11.3 Å². The smallest absolute Gasteiger partial charge is 0.267 e. The molecule has 1 saturated heterocycles. The molecule has 1 aromatic carbocycles. The first-order valence-corrected chi connectivity index (χ1v) is 10.9. The number of piperazine rings is 1. The summed E-state index contributed by atoms with van der Waals surface area (Å²) in [6.07, 6.45) is 0. The van der Waals surface area contributed by atoms with Crippen molar-refractivity contribution in [3.05, 3.63) is 52.3 Å². The number of carbonyl (C=O) groups excluding carboxylic acids is 1. The molecule has 0 radical (unpaired) electrons. The fourth-order valence-electron chi connectivity index (χ4n) is 3.51. The van der Waals surface area contributed by atoms with E-state index in [4.69, 9.17) is 0 Å². The highest BCUT2D eigenvalue weighted by molar-refractivity contribution is 7.17. The summed E-state index contributed by atoms with van der Waals surface area (Å²) in [5, 5.41) is 3.86. The number of rotatable bonds is 4. The molecule has 0 spiro atoms. The molecule has 4 rings (SSSR count). The maximum atomic E-state index is 13.0. The first-order valence-electron chi connectivity index (χ1n) is 10.1. The van der Waals surface area contributed by atoms with E-state index in [9.17, 15) is 4.79 Å². The van der Waals surface area contributed by atoms with Crippen LogP contribution in [0.15, 0.2) is 30.3 Å². The molecule has 0 saturated carbocycles. The maximum Gasteiger partial charge on any atom is 0.267 e. The van der Waals surface area contributed by atoms with Crippen molar-refractivity contribution in [3.8, 4) is 10.6 Å². The predicted molar refractivity (Wildman–Crippen MR) is 121 cm³/mol. The molecular formula is C22H26N6OS. The monoisotopic (exact) mass is 422 g/mol. The fraction of sp³-hybridized carbons (Fsp3) is 0.364. The van der Waals surface area contributed by atoms with Crippen molar-refractivity contribution in [3.63, 3.8) is 0 Å². The van der Waals surface area contributed by atoms with Crippen molar-refractivity contribution < 1.29 is 4.79 Å². The van der Waals surface area contributed by atoms with Gasteiger partial charge in [0, 0.05) is 31.7 Å². The van der Waals surface area contributed by atoms with Crippen LogP contribution in [-0.2, 0) is 0 Å². The molecule has 0 unspecified atom stereocenters. The van der Waals surface area contributed by atoms with Gasteiger partial charge in [-0.3, -0.25) is 4.79 Å². The largest absolute Gasteiger partial charge is 0.338 e. The standard InChI is InChI=1S/C22H26N6OS/c1-14-18(15(2)25-22(24-14)28-12-10-27(4)11-13-28)26-20(29)19-16(3)23-21(30-19)17-8-6-5-7-9-17/h5-9H,10-13H2,1-4H3,(H,26,29). The quantitative estimate of drug-likeness (QED) is 0.693. The lowest BCUT2D eigenvalue weighted by molar-refractivity contribution is 0.102. The van der Waals surface area contributed by atoms with Crippen molar-refractivity contribution in [2.45, 2.75) is 20.8 Å². The van der Waals surface area contributed by atoms with Crippen LogP contribution in [0.5, 0.6) is 0 Å². The van der Waals surface area contributed by atoms with E-state index >= 15 is 0 Å². The summed E-state index contributed by atoms with van der Waals surface area (Å²) in [6, 6.07) is 9.91. The highest BCUT2D eigenvalue weighted by atomic mass is 32.1. The summed E-state index contributed by atoms with van der Waals surface area (Å²) >= 11 is 1.40. The van der Waals surface area contributed by atoms with Gasteiger partial charge in [0.05, 0.1) is 22.8 Å². The highest BCUT2D eigenvalue weighted by Gasteiger charge is 2.21. The van der Waals surface area contributed by atoms with E-state index in [0.717, 1.165) is 59.8 Å². The molecule has 3 heterocycles. The van der Waals surface area contributed by atoms with Crippen LogP contribution in [0.3, 0.4) is 0 Å². The first-order chi connectivity index (χ1) is 14.4. The van der Waals surface area contributed by atoms with Gasteiger partial charge in [0.2, 0.25) is 5.95 Å². The molecule has 8 heteroatoms. The zero-order chi connectivity index (χ0) is 21.3. The number of likely N-dealkylation sites (N-methyl/N-ethyl adjacent to an activating group) is 1. The number of hydrogen-bond acceptors (Lipinski definition) is 7. The van der Waals surface area contributed by atoms with Crippen LogP contribution in [0.4, 0.5) is 11.6 Å². The molecule has 1 fully saturated rings. The molecule has 1 aliphatic rings. The van der Waals surface area contributed by atoms with Gasteiger partial charge in [-0.2, -0.15) is 0 Å². The average molecular weight is 423 g/mol. The minimum Gasteiger partial charge on any atom is -0.338 e. The van der Waals surface area contributed by atoms with Crippen LogP contribution in [0.1, 0.15) is 26.8 Å². The van der Waals surface area contributed by atoms with Crippen LogP contribution >= 0.6 is 11.3 Å². The second-order valence-electron chi connectivity index (χ2n) is 7.61. The van der Waals surface area contributed by atoms with Crippen LogP contribution in [0.25, 0.3) is 10.6 Å². The van der Waals surface area contributed by atoms with Gasteiger partial charge in [-0.25, -0.2) is 15.0 Å². The summed E-state index contributed by atoms with van der Waals surface area (Å²) < 4.78 is 0. The number of aryl methyl sites for hydroxylation is 3. The lowest BCUT2D eigenvalue weighted by Crippen LogP contribution is -2.45. The molecule has 156 valence electrons.